The molecule has 3 N–H and O–H groups in total. The van der Waals surface area contributed by atoms with Gasteiger partial charge in [0.25, 0.3) is 0 Å². The molecule has 0 saturated heterocycles. The highest BCUT2D eigenvalue weighted by atomic mass is 32.2. The highest BCUT2D eigenvalue weighted by Gasteiger charge is 2.20. The molecule has 5 nitrogen and oxygen atoms in total. The van der Waals surface area contributed by atoms with Gasteiger partial charge >= 0.3 is 12.0 Å². The molecule has 0 saturated carbocycles. The Morgan fingerprint density at radius 1 is 1.25 bits per heavy atom. The van der Waals surface area contributed by atoms with E-state index >= 15 is 0 Å². The molecule has 1 aromatic rings. The van der Waals surface area contributed by atoms with Crippen LogP contribution in [0, 0.1) is 0 Å². The summed E-state index contributed by atoms with van der Waals surface area (Å²) in [6.45, 7) is 1.85. The van der Waals surface area contributed by atoms with Crippen molar-refractivity contribution in [2.45, 2.75) is 25.4 Å². The van der Waals surface area contributed by atoms with Crippen molar-refractivity contribution in [1.82, 2.24) is 10.6 Å². The number of hydrogen-bond donors (Lipinski definition) is 3. The molecule has 0 spiro atoms. The number of aliphatic carboxylic acids is 1. The molecule has 0 aliphatic rings. The van der Waals surface area contributed by atoms with Crippen molar-refractivity contribution in [2.75, 3.05) is 12.0 Å². The van der Waals surface area contributed by atoms with Gasteiger partial charge in [-0.05, 0) is 30.9 Å². The van der Waals surface area contributed by atoms with Crippen molar-refractivity contribution in [1.29, 1.82) is 0 Å². The molecule has 0 aliphatic carbocycles. The highest BCUT2D eigenvalue weighted by Crippen LogP contribution is 2.10. The first-order valence-electron chi connectivity index (χ1n) is 6.38. The zero-order valence-electron chi connectivity index (χ0n) is 11.6. The minimum atomic E-state index is -1.01. The van der Waals surface area contributed by atoms with Crippen LogP contribution in [0.3, 0.4) is 0 Å². The van der Waals surface area contributed by atoms with Crippen LogP contribution >= 0.6 is 11.8 Å². The Morgan fingerprint density at radius 3 is 2.45 bits per heavy atom. The number of hydrogen-bond acceptors (Lipinski definition) is 3. The second-order valence-corrected chi connectivity index (χ2v) is 5.41. The van der Waals surface area contributed by atoms with Crippen LogP contribution in [0.5, 0.6) is 0 Å². The Bertz CT molecular complexity index is 439. The number of amides is 2. The summed E-state index contributed by atoms with van der Waals surface area (Å²) >= 11 is 1.55. The summed E-state index contributed by atoms with van der Waals surface area (Å²) in [5.74, 6) is -0.326. The van der Waals surface area contributed by atoms with E-state index in [1.54, 1.807) is 11.8 Å². The molecule has 0 heterocycles. The van der Waals surface area contributed by atoms with Gasteiger partial charge in [0.15, 0.2) is 0 Å². The molecule has 20 heavy (non-hydrogen) atoms. The van der Waals surface area contributed by atoms with E-state index < -0.39 is 18.0 Å². The van der Waals surface area contributed by atoms with Gasteiger partial charge in [-0.2, -0.15) is 11.8 Å². The van der Waals surface area contributed by atoms with Gasteiger partial charge in [-0.1, -0.05) is 30.3 Å². The third kappa shape index (κ3) is 5.52. The van der Waals surface area contributed by atoms with Crippen LogP contribution in [0.2, 0.25) is 0 Å². The van der Waals surface area contributed by atoms with Crippen LogP contribution in [0.15, 0.2) is 30.3 Å². The third-order valence-electron chi connectivity index (χ3n) is 2.86. The Kier molecular flexibility index (Phi) is 6.93. The van der Waals surface area contributed by atoms with E-state index in [0.29, 0.717) is 12.2 Å². The van der Waals surface area contributed by atoms with Crippen LogP contribution in [0.1, 0.15) is 24.9 Å². The number of carbonyl (C=O) groups is 2. The second kappa shape index (κ2) is 8.47. The zero-order chi connectivity index (χ0) is 15.0. The third-order valence-corrected chi connectivity index (χ3v) is 3.51. The molecule has 110 valence electrons. The first kappa shape index (κ1) is 16.4. The molecule has 2 atom stereocenters. The number of nitrogens with one attached hydrogen (secondary N) is 2. The molecule has 1 rings (SSSR count). The van der Waals surface area contributed by atoms with E-state index in [2.05, 4.69) is 10.6 Å². The lowest BCUT2D eigenvalue weighted by atomic mass is 10.1. The normalized spacial score (nSPS) is 13.3. The van der Waals surface area contributed by atoms with E-state index in [0.717, 1.165) is 5.56 Å². The maximum absolute atomic E-state index is 11.8. The van der Waals surface area contributed by atoms with Crippen molar-refractivity contribution >= 4 is 23.8 Å². The maximum atomic E-state index is 11.8. The molecule has 0 fully saturated rings. The largest absolute Gasteiger partial charge is 0.480 e. The van der Waals surface area contributed by atoms with Crippen molar-refractivity contribution in [3.63, 3.8) is 0 Å². The molecule has 6 heteroatoms. The Hall–Kier alpha value is -1.69. The molecule has 0 unspecified atom stereocenters. The van der Waals surface area contributed by atoms with E-state index in [1.165, 1.54) is 0 Å². The number of thioether (sulfide) groups is 1. The monoisotopic (exact) mass is 296 g/mol. The van der Waals surface area contributed by atoms with Crippen LogP contribution in [-0.2, 0) is 4.79 Å². The number of carbonyl (C=O) groups excluding carboxylic acids is 1. The molecule has 0 bridgehead atoms. The van der Waals surface area contributed by atoms with Crippen molar-refractivity contribution < 1.29 is 14.7 Å². The number of carboxylic acids is 1. The number of rotatable bonds is 7. The van der Waals surface area contributed by atoms with Crippen LogP contribution in [-0.4, -0.2) is 35.2 Å². The number of benzene rings is 1. The first-order valence-corrected chi connectivity index (χ1v) is 7.77. The maximum Gasteiger partial charge on any atom is 0.326 e. The fourth-order valence-electron chi connectivity index (χ4n) is 1.71. The summed E-state index contributed by atoms with van der Waals surface area (Å²) in [7, 11) is 0. The molecule has 2 amide bonds. The lowest BCUT2D eigenvalue weighted by Crippen LogP contribution is -2.46. The van der Waals surface area contributed by atoms with E-state index in [9.17, 15) is 9.59 Å². The average Bonchev–Trinajstić information content (AvgIpc) is 2.44. The van der Waals surface area contributed by atoms with Crippen LogP contribution in [0.25, 0.3) is 0 Å². The van der Waals surface area contributed by atoms with Gasteiger partial charge in [0.2, 0.25) is 0 Å². The minimum absolute atomic E-state index is 0.175. The molecule has 0 aromatic heterocycles. The van der Waals surface area contributed by atoms with Gasteiger partial charge in [0.1, 0.15) is 6.04 Å². The lowest BCUT2D eigenvalue weighted by Gasteiger charge is -2.18. The fraction of sp³-hybridized carbons (Fsp3) is 0.429. The molecule has 1 aromatic carbocycles. The van der Waals surface area contributed by atoms with Crippen molar-refractivity contribution in [2.24, 2.45) is 0 Å². The molecule has 0 aliphatic heterocycles. The Labute approximate surface area is 123 Å². The Morgan fingerprint density at radius 2 is 1.90 bits per heavy atom. The van der Waals surface area contributed by atoms with Gasteiger partial charge in [-0.25, -0.2) is 9.59 Å². The summed E-state index contributed by atoms with van der Waals surface area (Å²) in [5.41, 5.74) is 0.971. The quantitative estimate of drug-likeness (QED) is 0.721. The van der Waals surface area contributed by atoms with E-state index in [4.69, 9.17) is 5.11 Å². The predicted molar refractivity (Wildman–Crippen MR) is 80.9 cm³/mol. The number of urea groups is 1. The van der Waals surface area contributed by atoms with Gasteiger partial charge in [-0.3, -0.25) is 0 Å². The zero-order valence-corrected chi connectivity index (χ0v) is 12.4. The van der Waals surface area contributed by atoms with Crippen molar-refractivity contribution in [3.8, 4) is 0 Å². The molecular formula is C14H20N2O3S. The summed E-state index contributed by atoms with van der Waals surface area (Å²) in [5, 5.41) is 14.3. The van der Waals surface area contributed by atoms with E-state index in [-0.39, 0.29) is 6.04 Å². The minimum Gasteiger partial charge on any atom is -0.480 e. The van der Waals surface area contributed by atoms with Crippen LogP contribution in [0.4, 0.5) is 4.79 Å². The highest BCUT2D eigenvalue weighted by molar-refractivity contribution is 7.98. The predicted octanol–water partition coefficient (Wildman–Crippen LogP) is 2.25. The summed E-state index contributed by atoms with van der Waals surface area (Å²) in [4.78, 5) is 22.9. The molecule has 0 radical (unpaired) electrons. The number of carboxylic acid groups (broad SMARTS) is 1. The van der Waals surface area contributed by atoms with Gasteiger partial charge in [0, 0.05) is 0 Å². The standard InChI is InChI=1S/C14H20N2O3S/c1-10(11-6-4-3-5-7-11)15-14(19)16-12(13(17)18)8-9-20-2/h3-7,10,12H,8-9H2,1-2H3,(H,17,18)(H2,15,16,19)/t10-,12-/m0/s1. The topological polar surface area (TPSA) is 78.4 Å². The average molecular weight is 296 g/mol. The van der Waals surface area contributed by atoms with E-state index in [1.807, 2.05) is 43.5 Å². The SMILES string of the molecule is CSCC[C@H](NC(=O)N[C@@H](C)c1ccccc1)C(=O)O. The Balaban J connectivity index is 2.51. The van der Waals surface area contributed by atoms with Crippen LogP contribution < -0.4 is 10.6 Å². The second-order valence-electron chi connectivity index (χ2n) is 4.42. The first-order chi connectivity index (χ1) is 9.54. The van der Waals surface area contributed by atoms with Crippen molar-refractivity contribution in [3.05, 3.63) is 35.9 Å². The summed E-state index contributed by atoms with van der Waals surface area (Å²) in [6, 6.07) is 8.01. The fourth-order valence-corrected chi connectivity index (χ4v) is 2.19. The summed E-state index contributed by atoms with van der Waals surface area (Å²) in [6.07, 6.45) is 2.31. The summed E-state index contributed by atoms with van der Waals surface area (Å²) < 4.78 is 0. The van der Waals surface area contributed by atoms with Gasteiger partial charge in [0.05, 0.1) is 6.04 Å². The van der Waals surface area contributed by atoms with Gasteiger partial charge < -0.3 is 15.7 Å². The smallest absolute Gasteiger partial charge is 0.326 e. The lowest BCUT2D eigenvalue weighted by molar-refractivity contribution is -0.139. The molecular weight excluding hydrogens is 276 g/mol. The van der Waals surface area contributed by atoms with Gasteiger partial charge in [-0.15, -0.1) is 0 Å².